The number of hydrogen-bond donors (Lipinski definition) is 2. The third kappa shape index (κ3) is 3.45. The number of likely N-dealkylation sites (tertiary alicyclic amines) is 1. The number of carbonyl (C=O) groups is 1. The summed E-state index contributed by atoms with van der Waals surface area (Å²) in [5, 5.41) is 1.49. The maximum Gasteiger partial charge on any atom is 0.264 e. The molecule has 6 nitrogen and oxygen atoms in total. The van der Waals surface area contributed by atoms with Crippen molar-refractivity contribution >= 4 is 27.3 Å². The summed E-state index contributed by atoms with van der Waals surface area (Å²) in [6.45, 7) is 2.58. The zero-order valence-electron chi connectivity index (χ0n) is 12.2. The van der Waals surface area contributed by atoms with Crippen LogP contribution >= 0.6 is 11.3 Å². The van der Waals surface area contributed by atoms with Gasteiger partial charge in [-0.25, -0.2) is 13.1 Å². The number of rotatable bonds is 4. The van der Waals surface area contributed by atoms with Crippen molar-refractivity contribution in [2.24, 2.45) is 5.73 Å². The highest BCUT2D eigenvalue weighted by Crippen LogP contribution is 2.25. The van der Waals surface area contributed by atoms with E-state index < -0.39 is 10.0 Å². The number of thiophene rings is 1. The Morgan fingerprint density at radius 2 is 2.24 bits per heavy atom. The first-order valence-corrected chi connectivity index (χ1v) is 9.31. The smallest absolute Gasteiger partial charge is 0.264 e. The molecule has 21 heavy (non-hydrogen) atoms. The van der Waals surface area contributed by atoms with Crippen molar-refractivity contribution in [2.75, 3.05) is 13.6 Å². The van der Waals surface area contributed by atoms with Crippen LogP contribution in [0.25, 0.3) is 0 Å². The van der Waals surface area contributed by atoms with Gasteiger partial charge in [0.25, 0.3) is 5.91 Å². The molecular weight excluding hydrogens is 310 g/mol. The van der Waals surface area contributed by atoms with E-state index in [4.69, 9.17) is 5.73 Å². The SMILES string of the molecule is CNS(=O)(=O)c1csc(C(=O)N2CCCC[C@@H]2[C@H](C)N)c1. The highest BCUT2D eigenvalue weighted by atomic mass is 32.2. The fourth-order valence-electron chi connectivity index (χ4n) is 2.59. The Morgan fingerprint density at radius 1 is 1.52 bits per heavy atom. The van der Waals surface area contributed by atoms with Crippen molar-refractivity contribution in [3.63, 3.8) is 0 Å². The molecule has 1 amide bonds. The Balaban J connectivity index is 2.23. The van der Waals surface area contributed by atoms with E-state index in [2.05, 4.69) is 4.72 Å². The molecule has 1 aliphatic heterocycles. The molecule has 2 atom stereocenters. The van der Waals surface area contributed by atoms with Gasteiger partial charge in [-0.1, -0.05) is 0 Å². The summed E-state index contributed by atoms with van der Waals surface area (Å²) in [4.78, 5) is 15.0. The molecule has 2 heterocycles. The van der Waals surface area contributed by atoms with Gasteiger partial charge in [0.15, 0.2) is 0 Å². The van der Waals surface area contributed by atoms with Gasteiger partial charge in [-0.3, -0.25) is 4.79 Å². The summed E-state index contributed by atoms with van der Waals surface area (Å²) in [5.74, 6) is -0.125. The quantitative estimate of drug-likeness (QED) is 0.861. The third-order valence-electron chi connectivity index (χ3n) is 3.78. The first-order valence-electron chi connectivity index (χ1n) is 6.95. The number of nitrogens with one attached hydrogen (secondary N) is 1. The monoisotopic (exact) mass is 331 g/mol. The number of carbonyl (C=O) groups excluding carboxylic acids is 1. The third-order valence-corrected chi connectivity index (χ3v) is 6.24. The van der Waals surface area contributed by atoms with Crippen molar-refractivity contribution in [3.8, 4) is 0 Å². The number of hydrogen-bond acceptors (Lipinski definition) is 5. The largest absolute Gasteiger partial charge is 0.333 e. The molecule has 0 saturated carbocycles. The lowest BCUT2D eigenvalue weighted by Gasteiger charge is -2.37. The Hall–Kier alpha value is -0.960. The van der Waals surface area contributed by atoms with Crippen LogP contribution < -0.4 is 10.5 Å². The zero-order chi connectivity index (χ0) is 15.6. The van der Waals surface area contributed by atoms with Gasteiger partial charge in [-0.2, -0.15) is 0 Å². The van der Waals surface area contributed by atoms with Crippen molar-refractivity contribution in [1.82, 2.24) is 9.62 Å². The van der Waals surface area contributed by atoms with Gasteiger partial charge in [0.05, 0.1) is 9.77 Å². The normalized spacial score (nSPS) is 21.3. The number of nitrogens with zero attached hydrogens (tertiary/aromatic N) is 1. The molecule has 1 aliphatic rings. The molecule has 1 fully saturated rings. The molecule has 3 N–H and O–H groups in total. The lowest BCUT2D eigenvalue weighted by molar-refractivity contribution is 0.0588. The molecule has 0 aromatic carbocycles. The molecule has 0 radical (unpaired) electrons. The van der Waals surface area contributed by atoms with Gasteiger partial charge in [0, 0.05) is 24.0 Å². The van der Waals surface area contributed by atoms with Crippen molar-refractivity contribution in [3.05, 3.63) is 16.3 Å². The minimum atomic E-state index is -3.51. The molecular formula is C13H21N3O3S2. The van der Waals surface area contributed by atoms with Crippen LogP contribution in [0.15, 0.2) is 16.3 Å². The van der Waals surface area contributed by atoms with Gasteiger partial charge < -0.3 is 10.6 Å². The number of sulfonamides is 1. The van der Waals surface area contributed by atoms with E-state index in [1.165, 1.54) is 18.5 Å². The van der Waals surface area contributed by atoms with E-state index in [1.54, 1.807) is 4.90 Å². The van der Waals surface area contributed by atoms with Crippen LogP contribution in [0.2, 0.25) is 0 Å². The Labute approximate surface area is 129 Å². The highest BCUT2D eigenvalue weighted by molar-refractivity contribution is 7.89. The summed E-state index contributed by atoms with van der Waals surface area (Å²) in [5.41, 5.74) is 5.97. The molecule has 8 heteroatoms. The molecule has 1 aromatic heterocycles. The second-order valence-electron chi connectivity index (χ2n) is 5.28. The summed E-state index contributed by atoms with van der Waals surface area (Å²) in [7, 11) is -2.15. The topological polar surface area (TPSA) is 92.5 Å². The lowest BCUT2D eigenvalue weighted by atomic mass is 9.97. The maximum absolute atomic E-state index is 12.6. The second-order valence-corrected chi connectivity index (χ2v) is 8.07. The molecule has 0 spiro atoms. The molecule has 0 unspecified atom stereocenters. The van der Waals surface area contributed by atoms with Crippen LogP contribution in [-0.2, 0) is 10.0 Å². The molecule has 0 aliphatic carbocycles. The minimum Gasteiger partial charge on any atom is -0.333 e. The van der Waals surface area contributed by atoms with Gasteiger partial charge in [-0.15, -0.1) is 11.3 Å². The van der Waals surface area contributed by atoms with Crippen LogP contribution in [0.1, 0.15) is 35.9 Å². The van der Waals surface area contributed by atoms with Gasteiger partial charge in [-0.05, 0) is 39.3 Å². The summed E-state index contributed by atoms with van der Waals surface area (Å²) in [6.07, 6.45) is 2.93. The Morgan fingerprint density at radius 3 is 2.86 bits per heavy atom. The van der Waals surface area contributed by atoms with Crippen LogP contribution in [0, 0.1) is 0 Å². The number of piperidine rings is 1. The molecule has 1 aromatic rings. The summed E-state index contributed by atoms with van der Waals surface area (Å²) >= 11 is 1.16. The van der Waals surface area contributed by atoms with Crippen molar-refractivity contribution in [1.29, 1.82) is 0 Å². The lowest BCUT2D eigenvalue weighted by Crippen LogP contribution is -2.51. The van der Waals surface area contributed by atoms with E-state index >= 15 is 0 Å². The molecule has 0 bridgehead atoms. The van der Waals surface area contributed by atoms with E-state index in [0.717, 1.165) is 30.6 Å². The average molecular weight is 331 g/mol. The van der Waals surface area contributed by atoms with Crippen molar-refractivity contribution in [2.45, 2.75) is 43.2 Å². The predicted octanol–water partition coefficient (Wildman–Crippen LogP) is 0.998. The van der Waals surface area contributed by atoms with E-state index in [1.807, 2.05) is 6.92 Å². The highest BCUT2D eigenvalue weighted by Gasteiger charge is 2.31. The zero-order valence-corrected chi connectivity index (χ0v) is 13.8. The maximum atomic E-state index is 12.6. The van der Waals surface area contributed by atoms with E-state index in [-0.39, 0.29) is 22.9 Å². The van der Waals surface area contributed by atoms with Crippen LogP contribution in [-0.4, -0.2) is 44.9 Å². The van der Waals surface area contributed by atoms with Gasteiger partial charge in [0.2, 0.25) is 10.0 Å². The predicted molar refractivity (Wildman–Crippen MR) is 82.9 cm³/mol. The molecule has 1 saturated heterocycles. The second kappa shape index (κ2) is 6.43. The molecule has 2 rings (SSSR count). The fraction of sp³-hybridized carbons (Fsp3) is 0.615. The number of nitrogens with two attached hydrogens (primary N) is 1. The van der Waals surface area contributed by atoms with Crippen LogP contribution in [0.4, 0.5) is 0 Å². The van der Waals surface area contributed by atoms with Gasteiger partial charge in [0.1, 0.15) is 0 Å². The fourth-order valence-corrected chi connectivity index (χ4v) is 4.55. The minimum absolute atomic E-state index is 0.0257. The first kappa shape index (κ1) is 16.4. The molecule has 118 valence electrons. The first-order chi connectivity index (χ1) is 9.86. The van der Waals surface area contributed by atoms with Crippen molar-refractivity contribution < 1.29 is 13.2 Å². The van der Waals surface area contributed by atoms with E-state index in [9.17, 15) is 13.2 Å². The number of amides is 1. The average Bonchev–Trinajstić information content (AvgIpc) is 2.97. The standard InChI is InChI=1S/C13H21N3O3S2/c1-9(14)11-5-3-4-6-16(11)13(17)12-7-10(8-20-12)21(18,19)15-2/h7-9,11,15H,3-6,14H2,1-2H3/t9-,11+/m0/s1. The van der Waals surface area contributed by atoms with Crippen LogP contribution in [0.5, 0.6) is 0 Å². The van der Waals surface area contributed by atoms with Crippen LogP contribution in [0.3, 0.4) is 0 Å². The van der Waals surface area contributed by atoms with E-state index in [0.29, 0.717) is 11.4 Å². The van der Waals surface area contributed by atoms with Gasteiger partial charge >= 0.3 is 0 Å². The summed E-state index contributed by atoms with van der Waals surface area (Å²) in [6, 6.07) is 1.37. The Bertz CT molecular complexity index is 610. The Kier molecular flexibility index (Phi) is 5.03. The summed E-state index contributed by atoms with van der Waals surface area (Å²) < 4.78 is 25.7.